The van der Waals surface area contributed by atoms with Gasteiger partial charge < -0.3 is 4.74 Å². The van der Waals surface area contributed by atoms with E-state index < -0.39 is 15.5 Å². The van der Waals surface area contributed by atoms with Crippen LogP contribution in [0.5, 0.6) is 0 Å². The van der Waals surface area contributed by atoms with Crippen LogP contribution in [0.25, 0.3) is 0 Å². The summed E-state index contributed by atoms with van der Waals surface area (Å²) in [6.45, 7) is 2.26. The third-order valence-electron chi connectivity index (χ3n) is 3.77. The van der Waals surface area contributed by atoms with Gasteiger partial charge in [0.25, 0.3) is 0 Å². The van der Waals surface area contributed by atoms with Crippen molar-refractivity contribution in [1.82, 2.24) is 0 Å². The monoisotopic (exact) mass is 254 g/mol. The number of benzene rings is 1. The van der Waals surface area contributed by atoms with E-state index in [0.717, 1.165) is 0 Å². The predicted octanol–water partition coefficient (Wildman–Crippen LogP) is 1.49. The van der Waals surface area contributed by atoms with Crippen LogP contribution in [-0.4, -0.2) is 21.5 Å². The molecule has 1 aromatic rings. The molecular weight excluding hydrogens is 243 g/mol. The van der Waals surface area contributed by atoms with Crippen LogP contribution >= 0.6 is 0 Å². The molecule has 0 aromatic heterocycles. The van der Waals surface area contributed by atoms with Gasteiger partial charge in [-0.05, 0) is 30.2 Å². The second-order valence-corrected chi connectivity index (χ2v) is 6.19. The largest absolute Gasteiger partial charge is 0.464 e. The van der Waals surface area contributed by atoms with Crippen LogP contribution in [-0.2, 0) is 20.3 Å². The van der Waals surface area contributed by atoms with Gasteiger partial charge in [-0.1, -0.05) is 6.92 Å². The van der Waals surface area contributed by atoms with Crippen LogP contribution in [0.1, 0.15) is 6.92 Å². The SMILES string of the molecule is C[C@H]1[C@H]2COC(=O)[C@]21S(=O)c1ccc(F)cc1. The highest BCUT2D eigenvalue weighted by Crippen LogP contribution is 2.60. The van der Waals surface area contributed by atoms with Gasteiger partial charge in [0.05, 0.1) is 17.4 Å². The van der Waals surface area contributed by atoms with Crippen LogP contribution < -0.4 is 0 Å². The number of rotatable bonds is 2. The Morgan fingerprint density at radius 2 is 2.06 bits per heavy atom. The summed E-state index contributed by atoms with van der Waals surface area (Å²) < 4.78 is 29.3. The molecule has 1 saturated carbocycles. The van der Waals surface area contributed by atoms with Gasteiger partial charge in [-0.25, -0.2) is 4.39 Å². The van der Waals surface area contributed by atoms with Gasteiger partial charge in [0.1, 0.15) is 5.82 Å². The lowest BCUT2D eigenvalue weighted by Gasteiger charge is -2.11. The molecule has 5 heteroatoms. The van der Waals surface area contributed by atoms with Crippen molar-refractivity contribution in [2.45, 2.75) is 16.6 Å². The highest BCUT2D eigenvalue weighted by atomic mass is 32.2. The molecule has 0 amide bonds. The number of hydrogen-bond donors (Lipinski definition) is 0. The van der Waals surface area contributed by atoms with Crippen LogP contribution in [0.4, 0.5) is 4.39 Å². The fraction of sp³-hybridized carbons (Fsp3) is 0.417. The number of esters is 1. The lowest BCUT2D eigenvalue weighted by Crippen LogP contribution is -2.29. The van der Waals surface area contributed by atoms with Crippen molar-refractivity contribution in [2.75, 3.05) is 6.61 Å². The number of carbonyl (C=O) groups is 1. The number of cyclic esters (lactones) is 1. The van der Waals surface area contributed by atoms with Gasteiger partial charge in [0.2, 0.25) is 0 Å². The van der Waals surface area contributed by atoms with Crippen molar-refractivity contribution >= 4 is 16.8 Å². The first-order valence-corrected chi connectivity index (χ1v) is 6.58. The number of halogens is 1. The molecule has 2 fully saturated rings. The number of ether oxygens (including phenoxy) is 1. The smallest absolute Gasteiger partial charge is 0.325 e. The lowest BCUT2D eigenvalue weighted by atomic mass is 10.3. The second kappa shape index (κ2) is 3.38. The molecular formula is C12H11FO3S. The van der Waals surface area contributed by atoms with E-state index in [9.17, 15) is 13.4 Å². The van der Waals surface area contributed by atoms with E-state index in [1.807, 2.05) is 6.92 Å². The Kier molecular flexibility index (Phi) is 2.17. The zero-order chi connectivity index (χ0) is 12.2. The summed E-state index contributed by atoms with van der Waals surface area (Å²) >= 11 is 0. The second-order valence-electron chi connectivity index (χ2n) is 4.51. The maximum Gasteiger partial charge on any atom is 0.325 e. The Hall–Kier alpha value is -1.23. The van der Waals surface area contributed by atoms with Crippen molar-refractivity contribution in [3.63, 3.8) is 0 Å². The minimum Gasteiger partial charge on any atom is -0.464 e. The van der Waals surface area contributed by atoms with E-state index in [1.165, 1.54) is 24.3 Å². The summed E-state index contributed by atoms with van der Waals surface area (Å²) in [4.78, 5) is 12.2. The minimum absolute atomic E-state index is 0.0425. The van der Waals surface area contributed by atoms with E-state index in [4.69, 9.17) is 4.74 Å². The Morgan fingerprint density at radius 1 is 1.41 bits per heavy atom. The first kappa shape index (κ1) is 10.9. The molecule has 3 nitrogen and oxygen atoms in total. The van der Waals surface area contributed by atoms with Crippen LogP contribution in [0.3, 0.4) is 0 Å². The Labute approximate surface area is 100 Å². The topological polar surface area (TPSA) is 43.4 Å². The summed E-state index contributed by atoms with van der Waals surface area (Å²) in [5.41, 5.74) is 0. The zero-order valence-corrected chi connectivity index (χ0v) is 10.00. The molecule has 17 heavy (non-hydrogen) atoms. The molecule has 1 heterocycles. The van der Waals surface area contributed by atoms with Crippen LogP contribution in [0.15, 0.2) is 29.2 Å². The average molecular weight is 254 g/mol. The maximum absolute atomic E-state index is 12.8. The quantitative estimate of drug-likeness (QED) is 0.751. The van der Waals surface area contributed by atoms with Crippen molar-refractivity contribution in [1.29, 1.82) is 0 Å². The zero-order valence-electron chi connectivity index (χ0n) is 9.18. The van der Waals surface area contributed by atoms with Crippen molar-refractivity contribution < 1.29 is 18.1 Å². The van der Waals surface area contributed by atoms with Gasteiger partial charge >= 0.3 is 5.97 Å². The third kappa shape index (κ3) is 1.26. The predicted molar refractivity (Wildman–Crippen MR) is 59.2 cm³/mol. The molecule has 0 spiro atoms. The molecule has 1 unspecified atom stereocenters. The van der Waals surface area contributed by atoms with Gasteiger partial charge in [0, 0.05) is 10.8 Å². The van der Waals surface area contributed by atoms with Gasteiger partial charge in [-0.3, -0.25) is 9.00 Å². The maximum atomic E-state index is 12.8. The van der Waals surface area contributed by atoms with E-state index >= 15 is 0 Å². The Morgan fingerprint density at radius 3 is 2.59 bits per heavy atom. The van der Waals surface area contributed by atoms with Crippen LogP contribution in [0.2, 0.25) is 0 Å². The number of hydrogen-bond acceptors (Lipinski definition) is 3. The highest BCUT2D eigenvalue weighted by Gasteiger charge is 2.76. The van der Waals surface area contributed by atoms with Crippen LogP contribution in [0, 0.1) is 17.7 Å². The summed E-state index contributed by atoms with van der Waals surface area (Å²) in [5.74, 6) is -0.633. The molecule has 0 bridgehead atoms. The van der Waals surface area contributed by atoms with E-state index in [1.54, 1.807) is 0 Å². The molecule has 3 rings (SSSR count). The Bertz CT molecular complexity index is 513. The van der Waals surface area contributed by atoms with E-state index in [2.05, 4.69) is 0 Å². The lowest BCUT2D eigenvalue weighted by molar-refractivity contribution is -0.140. The normalized spacial score (nSPS) is 36.2. The van der Waals surface area contributed by atoms with E-state index in [-0.39, 0.29) is 23.6 Å². The molecule has 0 radical (unpaired) electrons. The molecule has 2 aliphatic rings. The van der Waals surface area contributed by atoms with Gasteiger partial charge in [-0.2, -0.15) is 0 Å². The third-order valence-corrected chi connectivity index (χ3v) is 5.92. The number of fused-ring (bicyclic) bond motifs is 1. The van der Waals surface area contributed by atoms with Crippen molar-refractivity contribution in [3.05, 3.63) is 30.1 Å². The summed E-state index contributed by atoms with van der Waals surface area (Å²) in [6, 6.07) is 5.44. The van der Waals surface area contributed by atoms with Crippen molar-refractivity contribution in [2.24, 2.45) is 11.8 Å². The minimum atomic E-state index is -1.46. The molecule has 0 N–H and O–H groups in total. The molecule has 90 valence electrons. The fourth-order valence-electron chi connectivity index (χ4n) is 2.64. The fourth-order valence-corrected chi connectivity index (χ4v) is 4.60. The standard InChI is InChI=1S/C12H11FO3S/c1-7-10-6-16-11(14)12(7,10)17(15)9-4-2-8(13)3-5-9/h2-5,7,10H,6H2,1H3/t7-,10+,12+,17?/m0/s1. The highest BCUT2D eigenvalue weighted by molar-refractivity contribution is 7.87. The average Bonchev–Trinajstić information content (AvgIpc) is 2.74. The summed E-state index contributed by atoms with van der Waals surface area (Å²) in [6.07, 6.45) is 0. The summed E-state index contributed by atoms with van der Waals surface area (Å²) in [5, 5.41) is 0. The van der Waals surface area contributed by atoms with Crippen molar-refractivity contribution in [3.8, 4) is 0 Å². The number of carbonyl (C=O) groups excluding carboxylic acids is 1. The molecule has 1 aliphatic heterocycles. The molecule has 1 saturated heterocycles. The molecule has 1 aliphatic carbocycles. The summed E-state index contributed by atoms with van der Waals surface area (Å²) in [7, 11) is -1.46. The first-order chi connectivity index (χ1) is 8.08. The van der Waals surface area contributed by atoms with E-state index in [0.29, 0.717) is 11.5 Å². The van der Waals surface area contributed by atoms with Gasteiger partial charge in [-0.15, -0.1) is 0 Å². The first-order valence-electron chi connectivity index (χ1n) is 5.43. The Balaban J connectivity index is 1.98. The molecule has 4 atom stereocenters. The molecule has 1 aromatic carbocycles. The van der Waals surface area contributed by atoms with Gasteiger partial charge in [0.15, 0.2) is 4.75 Å².